The molecule has 0 fully saturated rings. The Kier molecular flexibility index (Phi) is 4.44. The summed E-state index contributed by atoms with van der Waals surface area (Å²) in [6, 6.07) is 14.8. The average Bonchev–Trinajstić information content (AvgIpc) is 3.45. The predicted octanol–water partition coefficient (Wildman–Crippen LogP) is 4.74. The predicted molar refractivity (Wildman–Crippen MR) is 112 cm³/mol. The Balaban J connectivity index is 1.48. The number of nitrogens with zero attached hydrogens (tertiary/aromatic N) is 3. The average molecular weight is 442 g/mol. The summed E-state index contributed by atoms with van der Waals surface area (Å²) in [6.45, 7) is 1.90. The number of rotatable bonds is 4. The number of sulfonamides is 1. The van der Waals surface area contributed by atoms with Crippen molar-refractivity contribution in [1.82, 2.24) is 10.1 Å². The largest absolute Gasteiger partial charge is 0.334 e. The lowest BCUT2D eigenvalue weighted by Gasteiger charge is -2.23. The van der Waals surface area contributed by atoms with Crippen molar-refractivity contribution >= 4 is 27.0 Å². The van der Waals surface area contributed by atoms with Crippen LogP contribution in [-0.4, -0.2) is 24.6 Å². The summed E-state index contributed by atoms with van der Waals surface area (Å²) < 4.78 is 47.1. The Morgan fingerprint density at radius 3 is 2.80 bits per heavy atom. The Morgan fingerprint density at radius 1 is 1.13 bits per heavy atom. The van der Waals surface area contributed by atoms with Gasteiger partial charge in [0.25, 0.3) is 15.9 Å². The molecular weight excluding hydrogens is 425 g/mol. The Morgan fingerprint density at radius 2 is 1.97 bits per heavy atom. The first-order valence-electron chi connectivity index (χ1n) is 9.24. The van der Waals surface area contributed by atoms with Gasteiger partial charge in [-0.2, -0.15) is 4.98 Å². The first-order valence-corrected chi connectivity index (χ1v) is 11.6. The minimum atomic E-state index is -3.73. The van der Waals surface area contributed by atoms with Crippen LogP contribution in [0.15, 0.2) is 68.7 Å². The molecule has 1 aliphatic rings. The van der Waals surface area contributed by atoms with Gasteiger partial charge in [0.05, 0.1) is 11.3 Å². The summed E-state index contributed by atoms with van der Waals surface area (Å²) in [5.74, 6) is 0.0202. The van der Waals surface area contributed by atoms with Crippen molar-refractivity contribution in [2.24, 2.45) is 0 Å². The second-order valence-electron chi connectivity index (χ2n) is 7.07. The molecule has 2 aromatic carbocycles. The zero-order valence-electron chi connectivity index (χ0n) is 15.8. The number of hydrogen-bond acceptors (Lipinski definition) is 6. The van der Waals surface area contributed by atoms with E-state index in [-0.39, 0.29) is 22.0 Å². The first-order chi connectivity index (χ1) is 14.4. The standard InChI is InChI=1S/C21H16FN3O3S2/c1-13-9-14-5-2-3-8-18(14)25(13)30(26,27)19-11-16(12-29-19)21-23-20(24-28-21)15-6-4-7-17(22)10-15/h2-8,10-13H,9H2,1H3. The molecule has 6 nitrogen and oxygen atoms in total. The smallest absolute Gasteiger partial charge is 0.274 e. The van der Waals surface area contributed by atoms with Crippen LogP contribution in [0.2, 0.25) is 0 Å². The highest BCUT2D eigenvalue weighted by Gasteiger charge is 2.36. The lowest BCUT2D eigenvalue weighted by atomic mass is 10.1. The summed E-state index contributed by atoms with van der Waals surface area (Å²) in [5, 5.41) is 5.56. The summed E-state index contributed by atoms with van der Waals surface area (Å²) in [5.41, 5.74) is 2.72. The fourth-order valence-electron chi connectivity index (χ4n) is 3.65. The fourth-order valence-corrected chi connectivity index (χ4v) is 6.58. The zero-order chi connectivity index (χ0) is 20.9. The van der Waals surface area contributed by atoms with Crippen molar-refractivity contribution in [3.05, 3.63) is 71.4 Å². The number of hydrogen-bond donors (Lipinski definition) is 0. The van der Waals surface area contributed by atoms with Gasteiger partial charge >= 0.3 is 0 Å². The maximum atomic E-state index is 13.4. The van der Waals surface area contributed by atoms with E-state index in [9.17, 15) is 12.8 Å². The molecule has 2 aromatic heterocycles. The molecule has 30 heavy (non-hydrogen) atoms. The topological polar surface area (TPSA) is 76.3 Å². The molecule has 1 aliphatic heterocycles. The van der Waals surface area contributed by atoms with E-state index in [1.807, 2.05) is 31.2 Å². The summed E-state index contributed by atoms with van der Waals surface area (Å²) >= 11 is 1.10. The van der Waals surface area contributed by atoms with Gasteiger partial charge in [-0.3, -0.25) is 4.31 Å². The molecule has 0 amide bonds. The SMILES string of the molecule is CC1Cc2ccccc2N1S(=O)(=O)c1cc(-c2nc(-c3cccc(F)c3)no2)cs1. The first kappa shape index (κ1) is 19.0. The highest BCUT2D eigenvalue weighted by Crippen LogP contribution is 2.39. The molecular formula is C21H16FN3O3S2. The molecule has 1 unspecified atom stereocenters. The van der Waals surface area contributed by atoms with Crippen molar-refractivity contribution in [2.75, 3.05) is 4.31 Å². The van der Waals surface area contributed by atoms with E-state index in [1.54, 1.807) is 17.5 Å². The third-order valence-electron chi connectivity index (χ3n) is 4.99. The fraction of sp³-hybridized carbons (Fsp3) is 0.143. The molecule has 5 rings (SSSR count). The van der Waals surface area contributed by atoms with Gasteiger partial charge in [0.2, 0.25) is 5.82 Å². The van der Waals surface area contributed by atoms with Gasteiger partial charge < -0.3 is 4.52 Å². The van der Waals surface area contributed by atoms with Crippen LogP contribution in [0.3, 0.4) is 0 Å². The molecule has 9 heteroatoms. The third kappa shape index (κ3) is 3.10. The number of fused-ring (bicyclic) bond motifs is 1. The number of benzene rings is 2. The highest BCUT2D eigenvalue weighted by atomic mass is 32.2. The van der Waals surface area contributed by atoms with Gasteiger partial charge in [0.15, 0.2) is 0 Å². The number of para-hydroxylation sites is 1. The van der Waals surface area contributed by atoms with Crippen LogP contribution in [0.25, 0.3) is 22.8 Å². The zero-order valence-corrected chi connectivity index (χ0v) is 17.5. The normalized spacial score (nSPS) is 16.1. The van der Waals surface area contributed by atoms with Crippen molar-refractivity contribution in [1.29, 1.82) is 0 Å². The van der Waals surface area contributed by atoms with E-state index in [2.05, 4.69) is 10.1 Å². The van der Waals surface area contributed by atoms with Crippen LogP contribution in [0, 0.1) is 5.82 Å². The maximum Gasteiger partial charge on any atom is 0.274 e. The molecule has 0 bridgehead atoms. The van der Waals surface area contributed by atoms with Crippen LogP contribution < -0.4 is 4.31 Å². The molecule has 0 N–H and O–H groups in total. The lowest BCUT2D eigenvalue weighted by Crippen LogP contribution is -2.35. The van der Waals surface area contributed by atoms with Gasteiger partial charge in [-0.25, -0.2) is 12.8 Å². The monoisotopic (exact) mass is 441 g/mol. The Bertz CT molecular complexity index is 1350. The molecule has 152 valence electrons. The van der Waals surface area contributed by atoms with Crippen molar-refractivity contribution in [2.45, 2.75) is 23.6 Å². The Hall–Kier alpha value is -3.04. The van der Waals surface area contributed by atoms with Crippen LogP contribution in [0.1, 0.15) is 12.5 Å². The van der Waals surface area contributed by atoms with Gasteiger partial charge in [-0.05, 0) is 43.2 Å². The van der Waals surface area contributed by atoms with E-state index >= 15 is 0 Å². The second kappa shape index (κ2) is 7.03. The minimum Gasteiger partial charge on any atom is -0.334 e. The van der Waals surface area contributed by atoms with Crippen LogP contribution >= 0.6 is 11.3 Å². The molecule has 0 radical (unpaired) electrons. The van der Waals surface area contributed by atoms with Gasteiger partial charge in [-0.15, -0.1) is 11.3 Å². The van der Waals surface area contributed by atoms with E-state index < -0.39 is 15.8 Å². The minimum absolute atomic E-state index is 0.166. The summed E-state index contributed by atoms with van der Waals surface area (Å²) in [4.78, 5) is 4.29. The summed E-state index contributed by atoms with van der Waals surface area (Å²) in [6.07, 6.45) is 0.675. The lowest BCUT2D eigenvalue weighted by molar-refractivity contribution is 0.432. The van der Waals surface area contributed by atoms with E-state index in [4.69, 9.17) is 4.52 Å². The van der Waals surface area contributed by atoms with E-state index in [0.717, 1.165) is 16.9 Å². The molecule has 3 heterocycles. The van der Waals surface area contributed by atoms with E-state index in [0.29, 0.717) is 23.2 Å². The Labute approximate surface area is 176 Å². The van der Waals surface area contributed by atoms with Gasteiger partial charge in [0.1, 0.15) is 10.0 Å². The number of anilines is 1. The third-order valence-corrected chi connectivity index (χ3v) is 8.33. The van der Waals surface area contributed by atoms with Crippen molar-refractivity contribution in [3.63, 3.8) is 0 Å². The number of thiophene rings is 1. The van der Waals surface area contributed by atoms with E-state index in [1.165, 1.54) is 22.5 Å². The van der Waals surface area contributed by atoms with Crippen molar-refractivity contribution < 1.29 is 17.3 Å². The molecule has 4 aromatic rings. The quantitative estimate of drug-likeness (QED) is 0.457. The maximum absolute atomic E-state index is 13.4. The number of halogens is 1. The molecule has 0 saturated carbocycles. The summed E-state index contributed by atoms with van der Waals surface area (Å²) in [7, 11) is -3.73. The second-order valence-corrected chi connectivity index (χ2v) is 10.0. The highest BCUT2D eigenvalue weighted by molar-refractivity contribution is 7.94. The van der Waals surface area contributed by atoms with Gasteiger partial charge in [0, 0.05) is 17.0 Å². The van der Waals surface area contributed by atoms with Crippen molar-refractivity contribution in [3.8, 4) is 22.8 Å². The van der Waals surface area contributed by atoms with Crippen LogP contribution in [0.5, 0.6) is 0 Å². The molecule has 1 atom stereocenters. The number of aromatic nitrogens is 2. The van der Waals surface area contributed by atoms with Gasteiger partial charge in [-0.1, -0.05) is 35.5 Å². The van der Waals surface area contributed by atoms with Crippen LogP contribution in [0.4, 0.5) is 10.1 Å². The molecule has 0 aliphatic carbocycles. The molecule has 0 spiro atoms. The molecule has 0 saturated heterocycles. The van der Waals surface area contributed by atoms with Crippen LogP contribution in [-0.2, 0) is 16.4 Å².